The summed E-state index contributed by atoms with van der Waals surface area (Å²) in [5.41, 5.74) is 1.30. The minimum atomic E-state index is -1.00. The molecule has 1 saturated heterocycles. The molecule has 0 aromatic heterocycles. The molecule has 132 valence electrons. The van der Waals surface area contributed by atoms with Gasteiger partial charge in [-0.15, -0.1) is 0 Å². The molecule has 0 bridgehead atoms. The third-order valence-corrected chi connectivity index (χ3v) is 5.27. The maximum absolute atomic E-state index is 12.5. The van der Waals surface area contributed by atoms with Gasteiger partial charge in [-0.3, -0.25) is 0 Å². The average molecular weight is 339 g/mol. The van der Waals surface area contributed by atoms with E-state index in [1.54, 1.807) is 0 Å². The highest BCUT2D eigenvalue weighted by Crippen LogP contribution is 2.18. The van der Waals surface area contributed by atoms with Gasteiger partial charge in [0.05, 0.1) is 4.90 Å². The van der Waals surface area contributed by atoms with E-state index in [9.17, 15) is 4.21 Å². The molecule has 1 fully saturated rings. The van der Waals surface area contributed by atoms with Crippen molar-refractivity contribution >= 4 is 11.0 Å². The topological polar surface area (TPSA) is 23.6 Å². The lowest BCUT2D eigenvalue weighted by Gasteiger charge is -2.32. The van der Waals surface area contributed by atoms with Crippen molar-refractivity contribution in [3.05, 3.63) is 29.8 Å². The van der Waals surface area contributed by atoms with Crippen LogP contribution >= 0.6 is 0 Å². The van der Waals surface area contributed by atoms with Crippen molar-refractivity contribution < 1.29 is 4.21 Å². The van der Waals surface area contributed by atoms with Crippen LogP contribution in [-0.2, 0) is 11.0 Å². The van der Waals surface area contributed by atoms with Crippen molar-refractivity contribution in [2.45, 2.75) is 52.4 Å². The number of benzene rings is 1. The van der Waals surface area contributed by atoms with Crippen LogP contribution in [0, 0.1) is 5.92 Å². The van der Waals surface area contributed by atoms with E-state index in [4.69, 9.17) is 0 Å². The zero-order valence-corrected chi connectivity index (χ0v) is 16.5. The molecular weight excluding hydrogens is 304 g/mol. The minimum Gasteiger partial charge on any atom is -0.301 e. The van der Waals surface area contributed by atoms with Gasteiger partial charge in [0, 0.05) is 26.2 Å². The van der Waals surface area contributed by atoms with E-state index in [2.05, 4.69) is 62.9 Å². The number of piperazine rings is 1. The van der Waals surface area contributed by atoms with Crippen LogP contribution < -0.4 is 0 Å². The Morgan fingerprint density at radius 1 is 0.957 bits per heavy atom. The first-order valence-electron chi connectivity index (χ1n) is 8.84. The SMILES string of the molecule is CC(C)C.CCN1CCN(S(=O)c2ccc(C(C)C)cc2)CC1. The van der Waals surface area contributed by atoms with Crippen LogP contribution in [0.5, 0.6) is 0 Å². The standard InChI is InChI=1S/C15H24N2OS.C4H10/c1-4-16-9-11-17(12-10-16)19(18)15-7-5-14(6-8-15)13(2)3;1-4(2)3/h5-8,13H,4,9-12H2,1-3H3;4H,1-3H3. The summed E-state index contributed by atoms with van der Waals surface area (Å²) in [5, 5.41) is 0. The third kappa shape index (κ3) is 7.15. The smallest absolute Gasteiger partial charge is 0.127 e. The summed E-state index contributed by atoms with van der Waals surface area (Å²) in [7, 11) is -1.00. The fourth-order valence-corrected chi connectivity index (χ4v) is 3.49. The Morgan fingerprint density at radius 3 is 1.83 bits per heavy atom. The van der Waals surface area contributed by atoms with Crippen LogP contribution in [0.25, 0.3) is 0 Å². The van der Waals surface area contributed by atoms with Gasteiger partial charge in [0.1, 0.15) is 11.0 Å². The molecule has 23 heavy (non-hydrogen) atoms. The monoisotopic (exact) mass is 338 g/mol. The second-order valence-corrected chi connectivity index (χ2v) is 8.55. The second-order valence-electron chi connectivity index (χ2n) is 7.07. The highest BCUT2D eigenvalue weighted by Gasteiger charge is 2.21. The van der Waals surface area contributed by atoms with Gasteiger partial charge in [0.2, 0.25) is 0 Å². The zero-order valence-electron chi connectivity index (χ0n) is 15.7. The predicted octanol–water partition coefficient (Wildman–Crippen LogP) is 4.13. The summed E-state index contributed by atoms with van der Waals surface area (Å²) in [6.07, 6.45) is 0. The first kappa shape index (κ1) is 20.3. The van der Waals surface area contributed by atoms with E-state index in [0.29, 0.717) is 5.92 Å². The number of nitrogens with zero attached hydrogens (tertiary/aromatic N) is 2. The average Bonchev–Trinajstić information content (AvgIpc) is 2.54. The number of likely N-dealkylation sites (N-methyl/N-ethyl adjacent to an activating group) is 1. The second kappa shape index (κ2) is 10.2. The lowest BCUT2D eigenvalue weighted by atomic mass is 10.0. The van der Waals surface area contributed by atoms with E-state index in [-0.39, 0.29) is 0 Å². The van der Waals surface area contributed by atoms with Gasteiger partial charge >= 0.3 is 0 Å². The summed E-state index contributed by atoms with van der Waals surface area (Å²) >= 11 is 0. The molecular formula is C19H34N2OS. The lowest BCUT2D eigenvalue weighted by Crippen LogP contribution is -2.46. The van der Waals surface area contributed by atoms with E-state index < -0.39 is 11.0 Å². The van der Waals surface area contributed by atoms with Crippen molar-refractivity contribution in [2.24, 2.45) is 5.92 Å². The van der Waals surface area contributed by atoms with Crippen LogP contribution in [0.2, 0.25) is 0 Å². The maximum atomic E-state index is 12.5. The van der Waals surface area contributed by atoms with Gasteiger partial charge in [0.25, 0.3) is 0 Å². The van der Waals surface area contributed by atoms with Crippen LogP contribution in [0.4, 0.5) is 0 Å². The van der Waals surface area contributed by atoms with Gasteiger partial charge in [-0.1, -0.05) is 53.7 Å². The third-order valence-electron chi connectivity index (χ3n) is 3.76. The molecule has 1 unspecified atom stereocenters. The van der Waals surface area contributed by atoms with E-state index in [0.717, 1.165) is 43.5 Å². The molecule has 1 heterocycles. The highest BCUT2D eigenvalue weighted by atomic mass is 32.2. The van der Waals surface area contributed by atoms with E-state index >= 15 is 0 Å². The van der Waals surface area contributed by atoms with Gasteiger partial charge in [-0.2, -0.15) is 0 Å². The van der Waals surface area contributed by atoms with E-state index in [1.807, 2.05) is 12.1 Å². The van der Waals surface area contributed by atoms with Gasteiger partial charge in [-0.05, 0) is 36.1 Å². The fraction of sp³-hybridized carbons (Fsp3) is 0.684. The number of hydrogen-bond acceptors (Lipinski definition) is 2. The molecule has 0 radical (unpaired) electrons. The summed E-state index contributed by atoms with van der Waals surface area (Å²) in [6, 6.07) is 8.22. The van der Waals surface area contributed by atoms with Crippen LogP contribution in [-0.4, -0.2) is 46.1 Å². The summed E-state index contributed by atoms with van der Waals surface area (Å²) in [5.74, 6) is 1.36. The Kier molecular flexibility index (Phi) is 9.03. The molecule has 1 aliphatic rings. The van der Waals surface area contributed by atoms with Crippen LogP contribution in [0.15, 0.2) is 29.2 Å². The molecule has 1 aliphatic heterocycles. The first-order chi connectivity index (χ1) is 10.8. The summed E-state index contributed by atoms with van der Waals surface area (Å²) in [4.78, 5) is 3.32. The molecule has 4 heteroatoms. The largest absolute Gasteiger partial charge is 0.301 e. The molecule has 0 saturated carbocycles. The zero-order chi connectivity index (χ0) is 17.4. The van der Waals surface area contributed by atoms with E-state index in [1.165, 1.54) is 5.56 Å². The molecule has 0 spiro atoms. The Bertz CT molecular complexity index is 460. The quantitative estimate of drug-likeness (QED) is 0.824. The van der Waals surface area contributed by atoms with Gasteiger partial charge in [-0.25, -0.2) is 8.51 Å². The summed E-state index contributed by atoms with van der Waals surface area (Å²) in [6.45, 7) is 17.9. The molecule has 0 N–H and O–H groups in total. The molecule has 1 aromatic rings. The normalized spacial score (nSPS) is 17.9. The number of hydrogen-bond donors (Lipinski definition) is 0. The molecule has 3 nitrogen and oxygen atoms in total. The molecule has 0 aliphatic carbocycles. The Labute approximate surface area is 145 Å². The molecule has 0 amide bonds. The fourth-order valence-electron chi connectivity index (χ4n) is 2.33. The highest BCUT2D eigenvalue weighted by molar-refractivity contribution is 7.82. The Balaban J connectivity index is 0.000000593. The van der Waals surface area contributed by atoms with Crippen molar-refractivity contribution in [3.63, 3.8) is 0 Å². The molecule has 2 rings (SSSR count). The summed E-state index contributed by atoms with van der Waals surface area (Å²) < 4.78 is 14.6. The Morgan fingerprint density at radius 2 is 1.43 bits per heavy atom. The minimum absolute atomic E-state index is 0.524. The maximum Gasteiger partial charge on any atom is 0.127 e. The number of rotatable bonds is 4. The van der Waals surface area contributed by atoms with Crippen molar-refractivity contribution in [3.8, 4) is 0 Å². The first-order valence-corrected chi connectivity index (χ1v) is 9.95. The molecule has 1 aromatic carbocycles. The van der Waals surface area contributed by atoms with Crippen LogP contribution in [0.1, 0.15) is 53.0 Å². The molecule has 1 atom stereocenters. The Hall–Kier alpha value is -0.710. The van der Waals surface area contributed by atoms with Crippen molar-refractivity contribution in [2.75, 3.05) is 32.7 Å². The van der Waals surface area contributed by atoms with Gasteiger partial charge in [0.15, 0.2) is 0 Å². The van der Waals surface area contributed by atoms with Crippen molar-refractivity contribution in [1.29, 1.82) is 0 Å². The van der Waals surface area contributed by atoms with Gasteiger partial charge < -0.3 is 4.90 Å². The van der Waals surface area contributed by atoms with Crippen molar-refractivity contribution in [1.82, 2.24) is 9.21 Å². The van der Waals surface area contributed by atoms with Crippen LogP contribution in [0.3, 0.4) is 0 Å². The predicted molar refractivity (Wildman–Crippen MR) is 101 cm³/mol. The lowest BCUT2D eigenvalue weighted by molar-refractivity contribution is 0.201.